The first-order valence-electron chi connectivity index (χ1n) is 11.4. The smallest absolute Gasteiger partial charge is 0.240 e. The van der Waals surface area contributed by atoms with Crippen molar-refractivity contribution in [3.05, 3.63) is 59.7 Å². The summed E-state index contributed by atoms with van der Waals surface area (Å²) in [6, 6.07) is 14.9. The number of benzene rings is 2. The van der Waals surface area contributed by atoms with Gasteiger partial charge in [-0.3, -0.25) is 4.79 Å². The van der Waals surface area contributed by atoms with Crippen molar-refractivity contribution in [2.45, 2.75) is 77.3 Å². The maximum atomic E-state index is 12.4. The van der Waals surface area contributed by atoms with Gasteiger partial charge in [0.2, 0.25) is 16.4 Å². The number of sulfonamides is 1. The first kappa shape index (κ1) is 27.7. The number of hydrogen-bond donors (Lipinski definition) is 2. The topological polar surface area (TPSA) is 84.5 Å². The molecule has 7 heteroatoms. The van der Waals surface area contributed by atoms with E-state index in [0.29, 0.717) is 24.5 Å². The molecule has 3 rings (SSSR count). The second-order valence-corrected chi connectivity index (χ2v) is 9.01. The highest BCUT2D eigenvalue weighted by molar-refractivity contribution is 7.89. The molecule has 0 heterocycles. The molecule has 0 saturated heterocycles. The van der Waals surface area contributed by atoms with Crippen LogP contribution in [0.15, 0.2) is 53.4 Å². The zero-order valence-electron chi connectivity index (χ0n) is 19.8. The minimum Gasteiger partial charge on any atom is -0.494 e. The summed E-state index contributed by atoms with van der Waals surface area (Å²) in [6.07, 6.45) is 6.00. The van der Waals surface area contributed by atoms with Gasteiger partial charge in [0, 0.05) is 12.6 Å². The van der Waals surface area contributed by atoms with E-state index in [2.05, 4.69) is 10.0 Å². The van der Waals surface area contributed by atoms with E-state index in [1.165, 1.54) is 6.42 Å². The molecule has 2 N–H and O–H groups in total. The molecular weight excluding hydrogens is 424 g/mol. The molecule has 0 spiro atoms. The molecule has 2 aromatic rings. The SMILES string of the molecule is CC.CCOc1ccc(S(=O)(=O)NC2CCCCC2)cc1C.O=CNCc1ccccc1. The molecule has 0 unspecified atom stereocenters. The first-order chi connectivity index (χ1) is 15.5. The van der Waals surface area contributed by atoms with Crippen LogP contribution < -0.4 is 14.8 Å². The van der Waals surface area contributed by atoms with Crippen molar-refractivity contribution in [1.29, 1.82) is 0 Å². The lowest BCUT2D eigenvalue weighted by Crippen LogP contribution is -2.36. The second-order valence-electron chi connectivity index (χ2n) is 7.30. The summed E-state index contributed by atoms with van der Waals surface area (Å²) < 4.78 is 33.0. The van der Waals surface area contributed by atoms with E-state index in [-0.39, 0.29) is 6.04 Å². The normalized spacial score (nSPS) is 13.6. The number of amides is 1. The van der Waals surface area contributed by atoms with Crippen LogP contribution in [0.3, 0.4) is 0 Å². The Balaban J connectivity index is 0.000000358. The summed E-state index contributed by atoms with van der Waals surface area (Å²) >= 11 is 0. The molecule has 32 heavy (non-hydrogen) atoms. The number of ether oxygens (including phenoxy) is 1. The van der Waals surface area contributed by atoms with Gasteiger partial charge in [0.05, 0.1) is 11.5 Å². The molecule has 2 aromatic carbocycles. The molecule has 0 atom stereocenters. The van der Waals surface area contributed by atoms with Crippen LogP contribution in [0.1, 0.15) is 64.0 Å². The van der Waals surface area contributed by atoms with Crippen molar-refractivity contribution in [2.75, 3.05) is 6.61 Å². The number of rotatable bonds is 8. The highest BCUT2D eigenvalue weighted by Gasteiger charge is 2.22. The molecule has 178 valence electrons. The molecule has 1 amide bonds. The van der Waals surface area contributed by atoms with E-state index in [0.717, 1.165) is 42.6 Å². The van der Waals surface area contributed by atoms with Crippen molar-refractivity contribution < 1.29 is 17.9 Å². The standard InChI is InChI=1S/C15H23NO3S.C8H9NO.C2H6/c1-3-19-15-10-9-14(11-12(15)2)20(17,18)16-13-7-5-4-6-8-13;10-7-9-6-8-4-2-1-3-5-8;1-2/h9-11,13,16H,3-8H2,1-2H3;1-5,7H,6H2,(H,9,10);1-2H3. The van der Waals surface area contributed by atoms with Crippen molar-refractivity contribution in [1.82, 2.24) is 10.0 Å². The zero-order valence-corrected chi connectivity index (χ0v) is 20.6. The third-order valence-electron chi connectivity index (χ3n) is 4.92. The fourth-order valence-electron chi connectivity index (χ4n) is 3.37. The molecule has 1 saturated carbocycles. The molecule has 0 bridgehead atoms. The highest BCUT2D eigenvalue weighted by Crippen LogP contribution is 2.24. The molecule has 1 aliphatic carbocycles. The largest absolute Gasteiger partial charge is 0.494 e. The molecule has 0 aromatic heterocycles. The van der Waals surface area contributed by atoms with E-state index < -0.39 is 10.0 Å². The Bertz CT molecular complexity index is 880. The van der Waals surface area contributed by atoms with Crippen LogP contribution in [0.2, 0.25) is 0 Å². The van der Waals surface area contributed by atoms with E-state index in [1.807, 2.05) is 58.0 Å². The Morgan fingerprint density at radius 2 is 1.69 bits per heavy atom. The summed E-state index contributed by atoms with van der Waals surface area (Å²) in [5.74, 6) is 0.740. The Morgan fingerprint density at radius 3 is 2.25 bits per heavy atom. The number of carbonyl (C=O) groups is 1. The Morgan fingerprint density at radius 1 is 1.03 bits per heavy atom. The van der Waals surface area contributed by atoms with Gasteiger partial charge < -0.3 is 10.1 Å². The predicted molar refractivity (Wildman–Crippen MR) is 130 cm³/mol. The van der Waals surface area contributed by atoms with Gasteiger partial charge in [0.1, 0.15) is 5.75 Å². The Kier molecular flexibility index (Phi) is 13.3. The van der Waals surface area contributed by atoms with Gasteiger partial charge >= 0.3 is 0 Å². The maximum absolute atomic E-state index is 12.4. The zero-order chi connectivity index (χ0) is 23.8. The van der Waals surface area contributed by atoms with Gasteiger partial charge in [-0.2, -0.15) is 0 Å². The lowest BCUT2D eigenvalue weighted by atomic mass is 9.96. The number of aryl methyl sites for hydroxylation is 1. The van der Waals surface area contributed by atoms with E-state index >= 15 is 0 Å². The predicted octanol–water partition coefficient (Wildman–Crippen LogP) is 4.96. The summed E-state index contributed by atoms with van der Waals surface area (Å²) in [5, 5.41) is 2.58. The molecule has 0 aliphatic heterocycles. The van der Waals surface area contributed by atoms with Crippen LogP contribution >= 0.6 is 0 Å². The Labute approximate surface area is 193 Å². The minimum atomic E-state index is -3.42. The quantitative estimate of drug-likeness (QED) is 0.543. The number of hydrogen-bond acceptors (Lipinski definition) is 4. The van der Waals surface area contributed by atoms with Gasteiger partial charge in [-0.05, 0) is 56.0 Å². The summed E-state index contributed by atoms with van der Waals surface area (Å²) in [7, 11) is -3.42. The summed E-state index contributed by atoms with van der Waals surface area (Å²) in [6.45, 7) is 8.97. The third kappa shape index (κ3) is 9.83. The van der Waals surface area contributed by atoms with Gasteiger partial charge in [-0.1, -0.05) is 63.4 Å². The monoisotopic (exact) mass is 462 g/mol. The lowest BCUT2D eigenvalue weighted by Gasteiger charge is -2.22. The molecule has 1 aliphatic rings. The van der Waals surface area contributed by atoms with Crippen LogP contribution in [-0.2, 0) is 21.4 Å². The minimum absolute atomic E-state index is 0.0839. The average molecular weight is 463 g/mol. The molecule has 1 fully saturated rings. The van der Waals surface area contributed by atoms with Gasteiger partial charge in [-0.15, -0.1) is 0 Å². The van der Waals surface area contributed by atoms with Gasteiger partial charge in [0.25, 0.3) is 0 Å². The van der Waals surface area contributed by atoms with Gasteiger partial charge in [0.15, 0.2) is 0 Å². The van der Waals surface area contributed by atoms with Crippen LogP contribution in [0, 0.1) is 6.92 Å². The average Bonchev–Trinajstić information content (AvgIpc) is 2.82. The molecular formula is C25H38N2O4S. The van der Waals surface area contributed by atoms with Crippen LogP contribution in [0.4, 0.5) is 0 Å². The first-order valence-corrected chi connectivity index (χ1v) is 12.9. The second kappa shape index (κ2) is 15.4. The van der Waals surface area contributed by atoms with Crippen LogP contribution in [0.25, 0.3) is 0 Å². The summed E-state index contributed by atoms with van der Waals surface area (Å²) in [4.78, 5) is 10.2. The fraction of sp³-hybridized carbons (Fsp3) is 0.480. The third-order valence-corrected chi connectivity index (χ3v) is 6.43. The van der Waals surface area contributed by atoms with Crippen LogP contribution in [-0.4, -0.2) is 27.5 Å². The fourth-order valence-corrected chi connectivity index (χ4v) is 4.76. The Hall–Kier alpha value is -2.38. The highest BCUT2D eigenvalue weighted by atomic mass is 32.2. The number of carbonyl (C=O) groups excluding carboxylic acids is 1. The van der Waals surface area contributed by atoms with Crippen LogP contribution in [0.5, 0.6) is 5.75 Å². The van der Waals surface area contributed by atoms with Gasteiger partial charge in [-0.25, -0.2) is 13.1 Å². The van der Waals surface area contributed by atoms with E-state index in [9.17, 15) is 13.2 Å². The van der Waals surface area contributed by atoms with Crippen molar-refractivity contribution in [3.63, 3.8) is 0 Å². The molecule has 0 radical (unpaired) electrons. The molecule has 6 nitrogen and oxygen atoms in total. The lowest BCUT2D eigenvalue weighted by molar-refractivity contribution is -0.109. The van der Waals surface area contributed by atoms with Crippen molar-refractivity contribution in [2.24, 2.45) is 0 Å². The maximum Gasteiger partial charge on any atom is 0.240 e. The van der Waals surface area contributed by atoms with Crippen molar-refractivity contribution >= 4 is 16.4 Å². The van der Waals surface area contributed by atoms with E-state index in [1.54, 1.807) is 18.2 Å². The van der Waals surface area contributed by atoms with Crippen molar-refractivity contribution in [3.8, 4) is 5.75 Å². The number of nitrogens with one attached hydrogen (secondary N) is 2. The van der Waals surface area contributed by atoms with E-state index in [4.69, 9.17) is 4.74 Å². The summed E-state index contributed by atoms with van der Waals surface area (Å²) in [5.41, 5.74) is 1.97.